The van der Waals surface area contributed by atoms with Gasteiger partial charge in [-0.2, -0.15) is 0 Å². The minimum absolute atomic E-state index is 0.111. The van der Waals surface area contributed by atoms with Crippen LogP contribution >= 0.6 is 11.9 Å². The monoisotopic (exact) mass is 517 g/mol. The highest BCUT2D eigenvalue weighted by Crippen LogP contribution is 2.34. The van der Waals surface area contributed by atoms with Crippen molar-refractivity contribution in [1.82, 2.24) is 14.6 Å². The number of nitrogens with two attached hydrogens (primary N) is 1. The van der Waals surface area contributed by atoms with E-state index in [1.54, 1.807) is 6.07 Å². The van der Waals surface area contributed by atoms with Crippen LogP contribution in [-0.2, 0) is 6.54 Å². The standard InChI is InChI=1S/C28H28FN5O2S/c1-17-5-3-6-18(2)27(17)23-15-25(19-7-4-8-20(13-19)37-33-28(30)32-23)34(10-11-35)16-24-21(29)14-26-22(31-24)9-12-36-26/h3-9,12-15,25,35H,10-11,16H2,1-2H3,(H3,30,32,33). The summed E-state index contributed by atoms with van der Waals surface area (Å²) >= 11 is 1.37. The lowest BCUT2D eigenvalue weighted by Gasteiger charge is -2.31. The van der Waals surface area contributed by atoms with Crippen molar-refractivity contribution >= 4 is 34.7 Å². The number of furan rings is 1. The Hall–Kier alpha value is -3.66. The molecule has 0 aliphatic carbocycles. The van der Waals surface area contributed by atoms with Crippen LogP contribution in [-0.4, -0.2) is 34.1 Å². The first kappa shape index (κ1) is 25.0. The fourth-order valence-corrected chi connectivity index (χ4v) is 5.25. The maximum absolute atomic E-state index is 15.1. The maximum atomic E-state index is 15.1. The van der Waals surface area contributed by atoms with E-state index in [0.29, 0.717) is 23.3 Å². The van der Waals surface area contributed by atoms with E-state index in [2.05, 4.69) is 15.8 Å². The molecule has 9 heteroatoms. The Balaban J connectivity index is 1.67. The van der Waals surface area contributed by atoms with Crippen LogP contribution in [0.3, 0.4) is 0 Å². The van der Waals surface area contributed by atoms with Crippen LogP contribution in [0.15, 0.2) is 81.2 Å². The molecule has 2 aromatic carbocycles. The van der Waals surface area contributed by atoms with Gasteiger partial charge in [0.1, 0.15) is 11.3 Å². The topological polar surface area (TPSA) is 99.9 Å². The summed E-state index contributed by atoms with van der Waals surface area (Å²) in [4.78, 5) is 12.2. The molecule has 1 atom stereocenters. The van der Waals surface area contributed by atoms with E-state index in [4.69, 9.17) is 15.1 Å². The number of aromatic nitrogens is 1. The number of pyridine rings is 1. The maximum Gasteiger partial charge on any atom is 0.204 e. The van der Waals surface area contributed by atoms with Gasteiger partial charge in [0.05, 0.1) is 30.3 Å². The molecule has 2 bridgehead atoms. The summed E-state index contributed by atoms with van der Waals surface area (Å²) in [5, 5.41) is 10.0. The molecule has 7 nitrogen and oxygen atoms in total. The first-order valence-corrected chi connectivity index (χ1v) is 12.8. The SMILES string of the molecule is Cc1cccc(C)c1C1=CC(N(CCO)Cc2nc3ccoc3cc2F)c2cccc(c2)SNC(N)=N1. The van der Waals surface area contributed by atoms with Crippen LogP contribution in [0.25, 0.3) is 16.8 Å². The summed E-state index contributed by atoms with van der Waals surface area (Å²) in [5.74, 6) is -0.184. The van der Waals surface area contributed by atoms with E-state index in [-0.39, 0.29) is 30.8 Å². The van der Waals surface area contributed by atoms with Gasteiger partial charge in [-0.3, -0.25) is 9.62 Å². The molecular formula is C28H28FN5O2S. The third kappa shape index (κ3) is 5.39. The number of hydrogen-bond acceptors (Lipinski definition) is 8. The van der Waals surface area contributed by atoms with Gasteiger partial charge in [-0.05, 0) is 60.7 Å². The lowest BCUT2D eigenvalue weighted by atomic mass is 9.96. The van der Waals surface area contributed by atoms with Crippen LogP contribution in [0.2, 0.25) is 0 Å². The quantitative estimate of drug-likeness (QED) is 0.307. The zero-order chi connectivity index (χ0) is 25.9. The minimum atomic E-state index is -0.458. The van der Waals surface area contributed by atoms with E-state index >= 15 is 4.39 Å². The number of aliphatic imine (C=N–C) groups is 1. The van der Waals surface area contributed by atoms with E-state index < -0.39 is 5.82 Å². The largest absolute Gasteiger partial charge is 0.463 e. The second kappa shape index (κ2) is 10.8. The lowest BCUT2D eigenvalue weighted by molar-refractivity contribution is 0.161. The molecule has 0 fully saturated rings. The van der Waals surface area contributed by atoms with E-state index in [1.165, 1.54) is 24.3 Å². The molecule has 4 aromatic rings. The highest BCUT2D eigenvalue weighted by Gasteiger charge is 2.24. The van der Waals surface area contributed by atoms with E-state index in [0.717, 1.165) is 27.1 Å². The summed E-state index contributed by atoms with van der Waals surface area (Å²) in [5.41, 5.74) is 12.3. The number of halogens is 1. The Kier molecular flexibility index (Phi) is 7.27. The number of fused-ring (bicyclic) bond motifs is 3. The van der Waals surface area contributed by atoms with Gasteiger partial charge in [-0.1, -0.05) is 30.3 Å². The molecule has 4 N–H and O–H groups in total. The summed E-state index contributed by atoms with van der Waals surface area (Å²) in [6.07, 6.45) is 3.52. The first-order valence-electron chi connectivity index (χ1n) is 12.0. The van der Waals surface area contributed by atoms with Gasteiger partial charge in [0.25, 0.3) is 0 Å². The van der Waals surface area contributed by atoms with Gasteiger partial charge < -0.3 is 15.3 Å². The summed E-state index contributed by atoms with van der Waals surface area (Å²) in [6, 6.07) is 16.8. The minimum Gasteiger partial charge on any atom is -0.463 e. The Bertz CT molecular complexity index is 1480. The fraction of sp³-hybridized carbons (Fsp3) is 0.214. The first-order chi connectivity index (χ1) is 17.9. The molecule has 3 heterocycles. The van der Waals surface area contributed by atoms with Gasteiger partial charge in [0.2, 0.25) is 5.96 Å². The predicted molar refractivity (Wildman–Crippen MR) is 145 cm³/mol. The van der Waals surface area contributed by atoms with Crippen molar-refractivity contribution in [2.24, 2.45) is 10.7 Å². The van der Waals surface area contributed by atoms with Gasteiger partial charge >= 0.3 is 0 Å². The van der Waals surface area contributed by atoms with Crippen LogP contribution in [0.1, 0.15) is 34.0 Å². The predicted octanol–water partition coefficient (Wildman–Crippen LogP) is 5.09. The van der Waals surface area contributed by atoms with Crippen LogP contribution in [0.5, 0.6) is 0 Å². The van der Waals surface area contributed by atoms with E-state index in [9.17, 15) is 5.11 Å². The van der Waals surface area contributed by atoms with Gasteiger partial charge in [0, 0.05) is 35.7 Å². The Morgan fingerprint density at radius 3 is 2.70 bits per heavy atom. The van der Waals surface area contributed by atoms with Gasteiger partial charge in [-0.25, -0.2) is 14.4 Å². The normalized spacial score (nSPS) is 15.9. The Morgan fingerprint density at radius 1 is 1.14 bits per heavy atom. The van der Waals surface area contributed by atoms with Crippen LogP contribution in [0, 0.1) is 19.7 Å². The molecule has 1 aliphatic heterocycles. The molecule has 37 heavy (non-hydrogen) atoms. The van der Waals surface area contributed by atoms with E-state index in [1.807, 2.05) is 61.2 Å². The van der Waals surface area contributed by atoms with Crippen molar-refractivity contribution in [3.05, 3.63) is 101 Å². The molecule has 190 valence electrons. The number of nitrogens with one attached hydrogen (secondary N) is 1. The van der Waals surface area contributed by atoms with Crippen LogP contribution in [0.4, 0.5) is 4.39 Å². The van der Waals surface area contributed by atoms with Crippen LogP contribution < -0.4 is 10.5 Å². The number of nitrogens with zero attached hydrogens (tertiary/aromatic N) is 3. The number of aliphatic hydroxyl groups excluding tert-OH is 1. The molecule has 0 saturated heterocycles. The smallest absolute Gasteiger partial charge is 0.204 e. The second-order valence-electron chi connectivity index (χ2n) is 8.95. The average Bonchev–Trinajstić information content (AvgIpc) is 3.32. The molecule has 2 aromatic heterocycles. The summed E-state index contributed by atoms with van der Waals surface area (Å²) in [7, 11) is 0. The molecule has 0 radical (unpaired) electrons. The average molecular weight is 518 g/mol. The number of benzene rings is 2. The van der Waals surface area contributed by atoms with Crippen molar-refractivity contribution in [1.29, 1.82) is 0 Å². The molecule has 1 aliphatic rings. The molecular weight excluding hydrogens is 489 g/mol. The molecule has 0 saturated carbocycles. The second-order valence-corrected chi connectivity index (χ2v) is 9.83. The molecule has 5 rings (SSSR count). The highest BCUT2D eigenvalue weighted by molar-refractivity contribution is 7.98. The number of aliphatic hydroxyl groups is 1. The third-order valence-corrected chi connectivity index (χ3v) is 7.16. The molecule has 1 unspecified atom stereocenters. The molecule has 0 amide bonds. The summed E-state index contributed by atoms with van der Waals surface area (Å²) < 4.78 is 23.5. The molecule has 0 spiro atoms. The Labute approximate surface area is 219 Å². The van der Waals surface area contributed by atoms with Crippen molar-refractivity contribution < 1.29 is 13.9 Å². The number of rotatable bonds is 6. The van der Waals surface area contributed by atoms with Crippen molar-refractivity contribution in [3.63, 3.8) is 0 Å². The number of guanidine groups is 1. The van der Waals surface area contributed by atoms with Crippen molar-refractivity contribution in [3.8, 4) is 0 Å². The fourth-order valence-electron chi connectivity index (χ4n) is 4.64. The zero-order valence-electron chi connectivity index (χ0n) is 20.6. The van der Waals surface area contributed by atoms with Crippen molar-refractivity contribution in [2.45, 2.75) is 31.3 Å². The highest BCUT2D eigenvalue weighted by atomic mass is 32.2. The van der Waals surface area contributed by atoms with Gasteiger partial charge in [-0.15, -0.1) is 0 Å². The Morgan fingerprint density at radius 2 is 1.92 bits per heavy atom. The summed E-state index contributed by atoms with van der Waals surface area (Å²) in [6.45, 7) is 4.43. The number of aryl methyl sites for hydroxylation is 2. The lowest BCUT2D eigenvalue weighted by Crippen LogP contribution is -2.32. The van der Waals surface area contributed by atoms with Gasteiger partial charge in [0.15, 0.2) is 5.58 Å². The zero-order valence-corrected chi connectivity index (χ0v) is 21.4. The van der Waals surface area contributed by atoms with Crippen molar-refractivity contribution in [2.75, 3.05) is 13.2 Å². The third-order valence-electron chi connectivity index (χ3n) is 6.36. The number of hydrogen-bond donors (Lipinski definition) is 3.